The number of nitrogens with two attached hydrogens (primary N) is 1. The maximum atomic E-state index is 5.62. The molecule has 2 heterocycles. The molecule has 0 saturated carbocycles. The van der Waals surface area contributed by atoms with Crippen molar-refractivity contribution in [2.24, 2.45) is 11.7 Å². The highest BCUT2D eigenvalue weighted by Crippen LogP contribution is 2.26. The van der Waals surface area contributed by atoms with E-state index >= 15 is 0 Å². The molecule has 0 aliphatic carbocycles. The second-order valence-corrected chi connectivity index (χ2v) is 5.13. The fourth-order valence-electron chi connectivity index (χ4n) is 1.69. The Balaban J connectivity index is 2.22. The number of imidazole rings is 1. The molecule has 86 valence electrons. The number of H-pyrrole nitrogens is 1. The van der Waals surface area contributed by atoms with Crippen molar-refractivity contribution in [3.05, 3.63) is 29.0 Å². The van der Waals surface area contributed by atoms with Gasteiger partial charge in [-0.3, -0.25) is 0 Å². The molecule has 2 aromatic heterocycles. The second-order valence-electron chi connectivity index (χ2n) is 4.18. The van der Waals surface area contributed by atoms with Crippen LogP contribution in [0.15, 0.2) is 17.5 Å². The van der Waals surface area contributed by atoms with E-state index in [1.165, 1.54) is 4.88 Å². The van der Waals surface area contributed by atoms with E-state index in [0.29, 0.717) is 12.5 Å². The summed E-state index contributed by atoms with van der Waals surface area (Å²) in [6, 6.07) is 4.15. The van der Waals surface area contributed by atoms with E-state index in [-0.39, 0.29) is 0 Å². The van der Waals surface area contributed by atoms with Crippen LogP contribution in [0.1, 0.15) is 18.4 Å². The van der Waals surface area contributed by atoms with Gasteiger partial charge in [0.15, 0.2) is 0 Å². The van der Waals surface area contributed by atoms with Gasteiger partial charge in [0.05, 0.1) is 4.88 Å². The molecule has 1 atom stereocenters. The van der Waals surface area contributed by atoms with Crippen molar-refractivity contribution in [3.8, 4) is 10.6 Å². The predicted octanol–water partition coefficient (Wildman–Crippen LogP) is 2.58. The number of aromatic nitrogens is 2. The average Bonchev–Trinajstić information content (AvgIpc) is 2.87. The molecule has 4 heteroatoms. The molecule has 0 bridgehead atoms. The Morgan fingerprint density at radius 1 is 1.56 bits per heavy atom. The summed E-state index contributed by atoms with van der Waals surface area (Å²) in [6.45, 7) is 4.91. The summed E-state index contributed by atoms with van der Waals surface area (Å²) in [5.74, 6) is 1.51. The highest BCUT2D eigenvalue weighted by atomic mass is 32.1. The topological polar surface area (TPSA) is 54.7 Å². The lowest BCUT2D eigenvalue weighted by Crippen LogP contribution is -2.13. The fourth-order valence-corrected chi connectivity index (χ4v) is 2.46. The van der Waals surface area contributed by atoms with Gasteiger partial charge in [-0.25, -0.2) is 4.98 Å². The minimum absolute atomic E-state index is 0.474. The van der Waals surface area contributed by atoms with Crippen molar-refractivity contribution >= 4 is 11.3 Å². The predicted molar refractivity (Wildman–Crippen MR) is 68.6 cm³/mol. The minimum atomic E-state index is 0.474. The monoisotopic (exact) mass is 235 g/mol. The Morgan fingerprint density at radius 3 is 3.00 bits per heavy atom. The third-order valence-electron chi connectivity index (χ3n) is 2.63. The van der Waals surface area contributed by atoms with Gasteiger partial charge in [-0.2, -0.15) is 0 Å². The first-order valence-electron chi connectivity index (χ1n) is 5.50. The maximum absolute atomic E-state index is 5.62. The number of thiophene rings is 1. The van der Waals surface area contributed by atoms with Crippen LogP contribution >= 0.6 is 11.3 Å². The van der Waals surface area contributed by atoms with Crippen molar-refractivity contribution in [2.75, 3.05) is 6.54 Å². The zero-order valence-electron chi connectivity index (χ0n) is 9.66. The van der Waals surface area contributed by atoms with Crippen LogP contribution in [0.25, 0.3) is 10.6 Å². The summed E-state index contributed by atoms with van der Waals surface area (Å²) in [5.41, 5.74) is 7.84. The molecule has 0 spiro atoms. The number of aryl methyl sites for hydroxylation is 1. The van der Waals surface area contributed by atoms with Gasteiger partial charge < -0.3 is 10.7 Å². The first kappa shape index (κ1) is 11.4. The van der Waals surface area contributed by atoms with E-state index in [4.69, 9.17) is 5.73 Å². The Bertz CT molecular complexity index is 445. The fraction of sp³-hybridized carbons (Fsp3) is 0.417. The molecule has 1 unspecified atom stereocenters. The van der Waals surface area contributed by atoms with Gasteiger partial charge in [0.2, 0.25) is 0 Å². The highest BCUT2D eigenvalue weighted by molar-refractivity contribution is 7.13. The molecule has 16 heavy (non-hydrogen) atoms. The van der Waals surface area contributed by atoms with Gasteiger partial charge in [-0.05, 0) is 30.8 Å². The summed E-state index contributed by atoms with van der Waals surface area (Å²) < 4.78 is 0. The maximum Gasteiger partial charge on any atom is 0.107 e. The van der Waals surface area contributed by atoms with Crippen LogP contribution in [0, 0.1) is 12.8 Å². The highest BCUT2D eigenvalue weighted by Gasteiger charge is 2.11. The van der Waals surface area contributed by atoms with E-state index in [1.807, 2.05) is 0 Å². The van der Waals surface area contributed by atoms with E-state index in [0.717, 1.165) is 23.6 Å². The Hall–Kier alpha value is -1.13. The van der Waals surface area contributed by atoms with Crippen LogP contribution in [0.3, 0.4) is 0 Å². The number of rotatable bonds is 4. The summed E-state index contributed by atoms with van der Waals surface area (Å²) >= 11 is 1.72. The lowest BCUT2D eigenvalue weighted by molar-refractivity contribution is 0.577. The largest absolute Gasteiger partial charge is 0.346 e. The molecular formula is C12H17N3S. The first-order valence-corrected chi connectivity index (χ1v) is 6.38. The summed E-state index contributed by atoms with van der Waals surface area (Å²) in [4.78, 5) is 9.20. The average molecular weight is 235 g/mol. The van der Waals surface area contributed by atoms with E-state index in [9.17, 15) is 0 Å². The second kappa shape index (κ2) is 4.80. The molecule has 3 N–H and O–H groups in total. The van der Waals surface area contributed by atoms with Gasteiger partial charge in [-0.1, -0.05) is 13.0 Å². The Kier molecular flexibility index (Phi) is 3.41. The molecule has 0 radical (unpaired) electrons. The van der Waals surface area contributed by atoms with Gasteiger partial charge in [0, 0.05) is 12.1 Å². The zero-order chi connectivity index (χ0) is 11.5. The quantitative estimate of drug-likeness (QED) is 0.855. The molecule has 3 nitrogen and oxygen atoms in total. The van der Waals surface area contributed by atoms with Crippen molar-refractivity contribution < 1.29 is 0 Å². The van der Waals surface area contributed by atoms with Crippen LogP contribution < -0.4 is 5.73 Å². The number of aromatic amines is 1. The van der Waals surface area contributed by atoms with E-state index in [1.54, 1.807) is 11.3 Å². The van der Waals surface area contributed by atoms with Crippen molar-refractivity contribution in [2.45, 2.75) is 20.3 Å². The summed E-state index contributed by atoms with van der Waals surface area (Å²) in [6.07, 6.45) is 0.919. The van der Waals surface area contributed by atoms with E-state index in [2.05, 4.69) is 41.3 Å². The van der Waals surface area contributed by atoms with E-state index < -0.39 is 0 Å². The Morgan fingerprint density at radius 2 is 2.38 bits per heavy atom. The van der Waals surface area contributed by atoms with Gasteiger partial charge in [-0.15, -0.1) is 11.3 Å². The number of hydrogen-bond acceptors (Lipinski definition) is 3. The number of nitrogens with one attached hydrogen (secondary N) is 1. The zero-order valence-corrected chi connectivity index (χ0v) is 10.5. The smallest absolute Gasteiger partial charge is 0.107 e. The van der Waals surface area contributed by atoms with Crippen LogP contribution in [0.5, 0.6) is 0 Å². The van der Waals surface area contributed by atoms with Crippen molar-refractivity contribution in [3.63, 3.8) is 0 Å². The molecular weight excluding hydrogens is 218 g/mol. The van der Waals surface area contributed by atoms with Gasteiger partial charge in [0.1, 0.15) is 11.5 Å². The molecule has 2 rings (SSSR count). The lowest BCUT2D eigenvalue weighted by Gasteiger charge is -2.04. The summed E-state index contributed by atoms with van der Waals surface area (Å²) in [5, 5.41) is 2.08. The standard InChI is InChI=1S/C12H17N3S/c1-8(7-13)6-11-14-9(2)12(15-11)10-4-3-5-16-10/h3-5,8H,6-7,13H2,1-2H3,(H,14,15). The molecule has 0 aliphatic rings. The van der Waals surface area contributed by atoms with Crippen LogP contribution in [-0.2, 0) is 6.42 Å². The number of nitrogens with zero attached hydrogens (tertiary/aromatic N) is 1. The lowest BCUT2D eigenvalue weighted by atomic mass is 10.1. The van der Waals surface area contributed by atoms with Crippen molar-refractivity contribution in [1.29, 1.82) is 0 Å². The third-order valence-corrected chi connectivity index (χ3v) is 3.51. The molecule has 0 aromatic carbocycles. The molecule has 2 aromatic rings. The van der Waals surface area contributed by atoms with Crippen LogP contribution in [-0.4, -0.2) is 16.5 Å². The SMILES string of the molecule is Cc1[nH]c(CC(C)CN)nc1-c1cccs1. The van der Waals surface area contributed by atoms with Crippen LogP contribution in [0.4, 0.5) is 0 Å². The molecule has 0 fully saturated rings. The molecule has 0 amide bonds. The number of hydrogen-bond donors (Lipinski definition) is 2. The van der Waals surface area contributed by atoms with Gasteiger partial charge >= 0.3 is 0 Å². The Labute approximate surface area is 99.7 Å². The minimum Gasteiger partial charge on any atom is -0.346 e. The molecule has 0 aliphatic heterocycles. The third kappa shape index (κ3) is 2.33. The first-order chi connectivity index (χ1) is 7.70. The molecule has 0 saturated heterocycles. The van der Waals surface area contributed by atoms with Crippen LogP contribution in [0.2, 0.25) is 0 Å². The van der Waals surface area contributed by atoms with Crippen molar-refractivity contribution in [1.82, 2.24) is 9.97 Å². The van der Waals surface area contributed by atoms with Gasteiger partial charge in [0.25, 0.3) is 0 Å². The summed E-state index contributed by atoms with van der Waals surface area (Å²) in [7, 11) is 0. The normalized spacial score (nSPS) is 12.9.